The van der Waals surface area contributed by atoms with Gasteiger partial charge in [0.2, 0.25) is 0 Å². The number of nitrogens with two attached hydrogens (primary N) is 1. The van der Waals surface area contributed by atoms with Crippen LogP contribution in [0.15, 0.2) is 12.1 Å². The van der Waals surface area contributed by atoms with E-state index < -0.39 is 0 Å². The van der Waals surface area contributed by atoms with Crippen molar-refractivity contribution in [1.82, 2.24) is 0 Å². The Labute approximate surface area is 138 Å². The van der Waals surface area contributed by atoms with Crippen LogP contribution in [0.3, 0.4) is 0 Å². The molecule has 3 N–H and O–H groups in total. The number of methoxy groups -OCH3 is 1. The number of likely N-dealkylation sites (tertiary alicyclic amines) is 1. The van der Waals surface area contributed by atoms with Crippen molar-refractivity contribution in [3.8, 4) is 11.5 Å². The maximum Gasteiger partial charge on any atom is 0.179 e. The number of hydrogen-bond donors (Lipinski definition) is 2. The molecular weight excluding hydrogens is 300 g/mol. The second-order valence-electron chi connectivity index (χ2n) is 5.87. The number of halogens is 1. The minimum absolute atomic E-state index is 0.608. The predicted molar refractivity (Wildman–Crippen MR) is 89.1 cm³/mol. The van der Waals surface area contributed by atoms with Gasteiger partial charge in [-0.15, -0.1) is 0 Å². The normalized spacial score (nSPS) is 21.1. The van der Waals surface area contributed by atoms with Crippen molar-refractivity contribution >= 4 is 11.6 Å². The smallest absolute Gasteiger partial charge is 0.179 e. The van der Waals surface area contributed by atoms with Crippen LogP contribution in [-0.4, -0.2) is 39.4 Å². The topological polar surface area (TPSA) is 39.5 Å². The van der Waals surface area contributed by atoms with Crippen LogP contribution in [0.25, 0.3) is 0 Å². The van der Waals surface area contributed by atoms with Crippen LogP contribution in [0.4, 0.5) is 0 Å². The zero-order valence-corrected chi connectivity index (χ0v) is 14.7. The average Bonchev–Trinajstić information content (AvgIpc) is 2.95. The summed E-state index contributed by atoms with van der Waals surface area (Å²) in [6.45, 7) is 9.53. The lowest BCUT2D eigenvalue weighted by atomic mass is 10.1. The van der Waals surface area contributed by atoms with Crippen LogP contribution in [-0.2, 0) is 6.54 Å². The Balaban J connectivity index is 1.95. The molecule has 1 aliphatic rings. The number of rotatable bonds is 8. The van der Waals surface area contributed by atoms with E-state index in [1.165, 1.54) is 38.0 Å². The maximum absolute atomic E-state index is 6.30. The van der Waals surface area contributed by atoms with Crippen molar-refractivity contribution in [2.75, 3.05) is 33.4 Å². The number of likely N-dealkylation sites (N-methyl/N-ethyl adjacent to an activating group) is 1. The highest BCUT2D eigenvalue weighted by Crippen LogP contribution is 2.36. The first kappa shape index (κ1) is 17.4. The second-order valence-corrected chi connectivity index (χ2v) is 6.28. The summed E-state index contributed by atoms with van der Waals surface area (Å²) in [7, 11) is 1.62. The van der Waals surface area contributed by atoms with E-state index in [1.807, 2.05) is 19.1 Å². The number of quaternary nitrogens is 2. The van der Waals surface area contributed by atoms with Crippen molar-refractivity contribution in [3.05, 3.63) is 22.7 Å². The van der Waals surface area contributed by atoms with E-state index in [0.29, 0.717) is 17.4 Å². The molecule has 0 aromatic heterocycles. The Kier molecular flexibility index (Phi) is 6.80. The third-order valence-corrected chi connectivity index (χ3v) is 4.77. The van der Waals surface area contributed by atoms with Gasteiger partial charge in [0, 0.05) is 18.4 Å². The van der Waals surface area contributed by atoms with Gasteiger partial charge in [-0.25, -0.2) is 0 Å². The Hall–Kier alpha value is -0.970. The molecule has 2 atom stereocenters. The summed E-state index contributed by atoms with van der Waals surface area (Å²) in [5.74, 6) is 1.37. The van der Waals surface area contributed by atoms with E-state index in [4.69, 9.17) is 21.1 Å². The molecule has 5 heteroatoms. The number of hydrogen-bond acceptors (Lipinski definition) is 2. The van der Waals surface area contributed by atoms with Gasteiger partial charge < -0.3 is 19.7 Å². The van der Waals surface area contributed by atoms with Gasteiger partial charge in [-0.2, -0.15) is 0 Å². The molecule has 2 rings (SSSR count). The van der Waals surface area contributed by atoms with Gasteiger partial charge in [-0.1, -0.05) is 11.6 Å². The summed E-state index contributed by atoms with van der Waals surface area (Å²) < 4.78 is 11.0. The summed E-state index contributed by atoms with van der Waals surface area (Å²) >= 11 is 6.30. The number of ether oxygens (including phenoxy) is 2. The fourth-order valence-electron chi connectivity index (χ4n) is 3.39. The molecule has 0 saturated carbocycles. The van der Waals surface area contributed by atoms with Crippen molar-refractivity contribution in [2.45, 2.75) is 39.3 Å². The summed E-state index contributed by atoms with van der Waals surface area (Å²) in [6, 6.07) is 4.83. The van der Waals surface area contributed by atoms with Gasteiger partial charge in [-0.05, 0) is 26.0 Å². The monoisotopic (exact) mass is 328 g/mol. The summed E-state index contributed by atoms with van der Waals surface area (Å²) in [5.41, 5.74) is 1.19. The summed E-state index contributed by atoms with van der Waals surface area (Å²) in [6.07, 6.45) is 2.72. The Morgan fingerprint density at radius 3 is 2.86 bits per heavy atom. The minimum atomic E-state index is 0.608. The van der Waals surface area contributed by atoms with Gasteiger partial charge >= 0.3 is 0 Å². The Morgan fingerprint density at radius 2 is 2.18 bits per heavy atom. The Morgan fingerprint density at radius 1 is 1.36 bits per heavy atom. The third-order valence-electron chi connectivity index (χ3n) is 4.49. The molecule has 1 heterocycles. The molecule has 0 aliphatic carbocycles. The molecule has 1 fully saturated rings. The first-order valence-electron chi connectivity index (χ1n) is 8.35. The molecule has 4 nitrogen and oxygen atoms in total. The standard InChI is InChI=1S/C17H27ClN2O2/c1-4-20-8-6-7-14(20)12-19-11-13-9-15(18)17(21-3)16(10-13)22-5-2/h9-10,14,19H,4-8,11-12H2,1-3H3/p+2/t14-/m1/s1. The number of nitrogens with one attached hydrogen (secondary N) is 1. The minimum Gasteiger partial charge on any atom is -0.491 e. The third kappa shape index (κ3) is 4.28. The van der Waals surface area contributed by atoms with E-state index in [0.717, 1.165) is 18.3 Å². The maximum atomic E-state index is 6.30. The molecule has 22 heavy (non-hydrogen) atoms. The van der Waals surface area contributed by atoms with Gasteiger partial charge in [0.15, 0.2) is 11.5 Å². The van der Waals surface area contributed by atoms with Crippen molar-refractivity contribution in [2.24, 2.45) is 0 Å². The fraction of sp³-hybridized carbons (Fsp3) is 0.647. The molecule has 1 aliphatic heterocycles. The van der Waals surface area contributed by atoms with E-state index in [2.05, 4.69) is 12.2 Å². The van der Waals surface area contributed by atoms with Crippen LogP contribution >= 0.6 is 11.6 Å². The quantitative estimate of drug-likeness (QED) is 0.743. The van der Waals surface area contributed by atoms with E-state index in [1.54, 1.807) is 12.0 Å². The molecule has 124 valence electrons. The second kappa shape index (κ2) is 8.61. The highest BCUT2D eigenvalue weighted by Gasteiger charge is 2.28. The fourth-order valence-corrected chi connectivity index (χ4v) is 3.70. The van der Waals surface area contributed by atoms with Crippen LogP contribution in [0, 0.1) is 0 Å². The molecular formula is C17H29ClN2O2+2. The van der Waals surface area contributed by atoms with Gasteiger partial charge in [0.25, 0.3) is 0 Å². The zero-order chi connectivity index (χ0) is 15.9. The lowest BCUT2D eigenvalue weighted by molar-refractivity contribution is -0.925. The molecule has 1 saturated heterocycles. The summed E-state index contributed by atoms with van der Waals surface area (Å²) in [4.78, 5) is 1.75. The van der Waals surface area contributed by atoms with E-state index >= 15 is 0 Å². The van der Waals surface area contributed by atoms with Crippen LogP contribution in [0.2, 0.25) is 5.02 Å². The molecule has 0 amide bonds. The van der Waals surface area contributed by atoms with Crippen LogP contribution in [0.1, 0.15) is 32.3 Å². The zero-order valence-electron chi connectivity index (χ0n) is 14.0. The van der Waals surface area contributed by atoms with Crippen molar-refractivity contribution in [1.29, 1.82) is 0 Å². The Bertz CT molecular complexity index is 482. The highest BCUT2D eigenvalue weighted by molar-refractivity contribution is 6.32. The van der Waals surface area contributed by atoms with Crippen LogP contribution < -0.4 is 19.7 Å². The molecule has 0 bridgehead atoms. The average molecular weight is 329 g/mol. The number of benzene rings is 1. The lowest BCUT2D eigenvalue weighted by Gasteiger charge is -2.18. The molecule has 0 spiro atoms. The first-order chi connectivity index (χ1) is 10.7. The molecule has 1 unspecified atom stereocenters. The molecule has 1 aromatic carbocycles. The first-order valence-corrected chi connectivity index (χ1v) is 8.72. The largest absolute Gasteiger partial charge is 0.491 e. The van der Waals surface area contributed by atoms with Gasteiger partial charge in [0.05, 0.1) is 31.8 Å². The summed E-state index contributed by atoms with van der Waals surface area (Å²) in [5, 5.41) is 3.01. The molecule has 0 radical (unpaired) electrons. The predicted octanol–water partition coefficient (Wildman–Crippen LogP) is 0.878. The molecule has 1 aromatic rings. The van der Waals surface area contributed by atoms with Crippen LogP contribution in [0.5, 0.6) is 11.5 Å². The lowest BCUT2D eigenvalue weighted by Crippen LogP contribution is -3.16. The highest BCUT2D eigenvalue weighted by atomic mass is 35.5. The van der Waals surface area contributed by atoms with E-state index in [-0.39, 0.29) is 0 Å². The van der Waals surface area contributed by atoms with Crippen molar-refractivity contribution in [3.63, 3.8) is 0 Å². The van der Waals surface area contributed by atoms with Gasteiger partial charge in [0.1, 0.15) is 19.1 Å². The SMILES string of the molecule is CCOc1cc(C[NH2+]C[C@H]2CCC[NH+]2CC)cc(Cl)c1OC. The van der Waals surface area contributed by atoms with Gasteiger partial charge in [-0.3, -0.25) is 0 Å². The van der Waals surface area contributed by atoms with E-state index in [9.17, 15) is 0 Å². The van der Waals surface area contributed by atoms with Crippen molar-refractivity contribution < 1.29 is 19.7 Å².